The van der Waals surface area contributed by atoms with Gasteiger partial charge in [-0.05, 0) is 50.8 Å². The fourth-order valence-electron chi connectivity index (χ4n) is 3.60. The van der Waals surface area contributed by atoms with E-state index >= 15 is 0 Å². The summed E-state index contributed by atoms with van der Waals surface area (Å²) < 4.78 is 0. The topological polar surface area (TPSA) is 64.6 Å². The zero-order valence-corrected chi connectivity index (χ0v) is 14.0. The van der Waals surface area contributed by atoms with Crippen molar-refractivity contribution in [2.45, 2.75) is 51.2 Å². The van der Waals surface area contributed by atoms with E-state index in [1.165, 1.54) is 12.8 Å². The Morgan fingerprint density at radius 1 is 1.39 bits per heavy atom. The lowest BCUT2D eigenvalue weighted by molar-refractivity contribution is 0.0944. The molecule has 1 amide bonds. The van der Waals surface area contributed by atoms with Crippen molar-refractivity contribution in [1.82, 2.24) is 10.2 Å². The molecule has 1 heterocycles. The molecule has 1 aliphatic carbocycles. The number of nitrogens with one attached hydrogen (secondary N) is 2. The van der Waals surface area contributed by atoms with E-state index in [0.717, 1.165) is 30.3 Å². The van der Waals surface area contributed by atoms with E-state index in [9.17, 15) is 4.79 Å². The van der Waals surface area contributed by atoms with Crippen molar-refractivity contribution in [3.63, 3.8) is 0 Å². The standard InChI is InChI=1S/C18H27N3O2/c1-12-10-14(11-21(12)15-6-7-15)20-17-5-3-4-16(13(17)2)18(23)19-8-9-22/h3-5,12,14-15,20,22H,6-11H2,1-2H3,(H,19,23). The highest BCUT2D eigenvalue weighted by molar-refractivity contribution is 5.97. The third kappa shape index (κ3) is 3.67. The summed E-state index contributed by atoms with van der Waals surface area (Å²) >= 11 is 0. The minimum atomic E-state index is -0.125. The van der Waals surface area contributed by atoms with Crippen molar-refractivity contribution >= 4 is 11.6 Å². The van der Waals surface area contributed by atoms with Crippen LogP contribution in [0.3, 0.4) is 0 Å². The summed E-state index contributed by atoms with van der Waals surface area (Å²) in [5, 5.41) is 15.2. The second-order valence-electron chi connectivity index (χ2n) is 6.81. The largest absolute Gasteiger partial charge is 0.395 e. The molecule has 5 nitrogen and oxygen atoms in total. The first-order valence-electron chi connectivity index (χ1n) is 8.61. The number of hydrogen-bond acceptors (Lipinski definition) is 4. The van der Waals surface area contributed by atoms with Crippen molar-refractivity contribution in [3.8, 4) is 0 Å². The summed E-state index contributed by atoms with van der Waals surface area (Å²) in [6, 6.07) is 7.67. The highest BCUT2D eigenvalue weighted by atomic mass is 16.3. The van der Waals surface area contributed by atoms with Crippen LogP contribution in [0.15, 0.2) is 18.2 Å². The molecule has 3 N–H and O–H groups in total. The Kier molecular flexibility index (Phi) is 4.87. The normalized spacial score (nSPS) is 24.7. The second-order valence-corrected chi connectivity index (χ2v) is 6.81. The molecule has 126 valence electrons. The maximum absolute atomic E-state index is 12.2. The van der Waals surface area contributed by atoms with Gasteiger partial charge < -0.3 is 15.7 Å². The van der Waals surface area contributed by atoms with Gasteiger partial charge in [-0.25, -0.2) is 0 Å². The Morgan fingerprint density at radius 2 is 2.17 bits per heavy atom. The van der Waals surface area contributed by atoms with E-state index in [1.807, 2.05) is 25.1 Å². The number of anilines is 1. The van der Waals surface area contributed by atoms with Crippen LogP contribution in [-0.2, 0) is 0 Å². The summed E-state index contributed by atoms with van der Waals surface area (Å²) in [5.74, 6) is -0.125. The van der Waals surface area contributed by atoms with Crippen LogP contribution >= 0.6 is 0 Å². The lowest BCUT2D eigenvalue weighted by Crippen LogP contribution is -2.31. The molecule has 2 aliphatic rings. The summed E-state index contributed by atoms with van der Waals surface area (Å²) in [4.78, 5) is 14.8. The molecule has 1 aromatic rings. The van der Waals surface area contributed by atoms with Crippen LogP contribution < -0.4 is 10.6 Å². The Labute approximate surface area is 138 Å². The van der Waals surface area contributed by atoms with Gasteiger partial charge in [-0.2, -0.15) is 0 Å². The number of likely N-dealkylation sites (tertiary alicyclic amines) is 1. The minimum absolute atomic E-state index is 0.0420. The first-order valence-corrected chi connectivity index (χ1v) is 8.61. The molecule has 1 aliphatic heterocycles. The predicted octanol–water partition coefficient (Wildman–Crippen LogP) is 1.75. The number of carbonyl (C=O) groups is 1. The number of nitrogens with zero attached hydrogens (tertiary/aromatic N) is 1. The van der Waals surface area contributed by atoms with Gasteiger partial charge in [0.05, 0.1) is 6.61 Å². The molecule has 5 heteroatoms. The average molecular weight is 317 g/mol. The smallest absolute Gasteiger partial charge is 0.251 e. The van der Waals surface area contributed by atoms with E-state index in [2.05, 4.69) is 22.5 Å². The van der Waals surface area contributed by atoms with Gasteiger partial charge in [-0.15, -0.1) is 0 Å². The quantitative estimate of drug-likeness (QED) is 0.748. The van der Waals surface area contributed by atoms with Gasteiger partial charge in [0, 0.05) is 42.5 Å². The minimum Gasteiger partial charge on any atom is -0.395 e. The number of amides is 1. The van der Waals surface area contributed by atoms with Crippen LogP contribution in [0.1, 0.15) is 42.1 Å². The highest BCUT2D eigenvalue weighted by Gasteiger charge is 2.38. The molecule has 1 saturated heterocycles. The molecular weight excluding hydrogens is 290 g/mol. The van der Waals surface area contributed by atoms with Crippen molar-refractivity contribution < 1.29 is 9.90 Å². The van der Waals surface area contributed by atoms with Gasteiger partial charge in [0.2, 0.25) is 0 Å². The van der Waals surface area contributed by atoms with Crippen LogP contribution in [0.5, 0.6) is 0 Å². The second kappa shape index (κ2) is 6.89. The lowest BCUT2D eigenvalue weighted by atomic mass is 10.0. The monoisotopic (exact) mass is 317 g/mol. The Bertz CT molecular complexity index is 571. The highest BCUT2D eigenvalue weighted by Crippen LogP contribution is 2.34. The summed E-state index contributed by atoms with van der Waals surface area (Å²) in [7, 11) is 0. The van der Waals surface area contributed by atoms with Gasteiger partial charge in [-0.1, -0.05) is 6.07 Å². The molecule has 0 spiro atoms. The molecule has 2 fully saturated rings. The van der Waals surface area contributed by atoms with Crippen LogP contribution in [-0.4, -0.2) is 53.7 Å². The van der Waals surface area contributed by atoms with Crippen molar-refractivity contribution in [2.75, 3.05) is 25.0 Å². The van der Waals surface area contributed by atoms with Crippen molar-refractivity contribution in [3.05, 3.63) is 29.3 Å². The number of aliphatic hydroxyl groups is 1. The maximum atomic E-state index is 12.2. The summed E-state index contributed by atoms with van der Waals surface area (Å²) in [6.45, 7) is 5.62. The fourth-order valence-corrected chi connectivity index (χ4v) is 3.60. The van der Waals surface area contributed by atoms with E-state index < -0.39 is 0 Å². The van der Waals surface area contributed by atoms with Gasteiger partial charge in [0.15, 0.2) is 0 Å². The van der Waals surface area contributed by atoms with Crippen LogP contribution in [0.4, 0.5) is 5.69 Å². The number of rotatable bonds is 6. The molecule has 0 aromatic heterocycles. The van der Waals surface area contributed by atoms with Crippen LogP contribution in [0.25, 0.3) is 0 Å². The fraction of sp³-hybridized carbons (Fsp3) is 0.611. The lowest BCUT2D eigenvalue weighted by Gasteiger charge is -2.20. The van der Waals surface area contributed by atoms with Crippen molar-refractivity contribution in [2.24, 2.45) is 0 Å². The third-order valence-electron chi connectivity index (χ3n) is 4.97. The molecule has 2 unspecified atom stereocenters. The number of carbonyl (C=O) groups excluding carboxylic acids is 1. The Hall–Kier alpha value is -1.59. The SMILES string of the molecule is Cc1c(NC2CC(C)N(C3CC3)C2)cccc1C(=O)NCCO. The zero-order chi connectivity index (χ0) is 16.4. The molecule has 0 bridgehead atoms. The predicted molar refractivity (Wildman–Crippen MR) is 91.8 cm³/mol. The van der Waals surface area contributed by atoms with E-state index in [4.69, 9.17) is 5.11 Å². The first kappa shape index (κ1) is 16.3. The molecule has 3 rings (SSSR count). The Balaban J connectivity index is 1.67. The maximum Gasteiger partial charge on any atom is 0.251 e. The number of aliphatic hydroxyl groups excluding tert-OH is 1. The molecule has 0 radical (unpaired) electrons. The number of hydrogen-bond donors (Lipinski definition) is 3. The van der Waals surface area contributed by atoms with Crippen molar-refractivity contribution in [1.29, 1.82) is 0 Å². The van der Waals surface area contributed by atoms with Gasteiger partial charge >= 0.3 is 0 Å². The van der Waals surface area contributed by atoms with Gasteiger partial charge in [-0.3, -0.25) is 9.69 Å². The van der Waals surface area contributed by atoms with Crippen LogP contribution in [0, 0.1) is 6.92 Å². The van der Waals surface area contributed by atoms with Crippen LogP contribution in [0.2, 0.25) is 0 Å². The molecular formula is C18H27N3O2. The molecule has 1 aromatic carbocycles. The number of benzene rings is 1. The molecule has 1 saturated carbocycles. The molecule has 23 heavy (non-hydrogen) atoms. The summed E-state index contributed by atoms with van der Waals surface area (Å²) in [6.07, 6.45) is 3.84. The van der Waals surface area contributed by atoms with E-state index in [1.54, 1.807) is 0 Å². The third-order valence-corrected chi connectivity index (χ3v) is 4.97. The average Bonchev–Trinajstić information content (AvgIpc) is 3.31. The van der Waals surface area contributed by atoms with E-state index in [0.29, 0.717) is 17.6 Å². The van der Waals surface area contributed by atoms with Gasteiger partial charge in [0.25, 0.3) is 5.91 Å². The molecule has 2 atom stereocenters. The Morgan fingerprint density at radius 3 is 2.87 bits per heavy atom. The van der Waals surface area contributed by atoms with E-state index in [-0.39, 0.29) is 19.1 Å². The first-order chi connectivity index (χ1) is 11.1. The van der Waals surface area contributed by atoms with Gasteiger partial charge in [0.1, 0.15) is 0 Å². The zero-order valence-electron chi connectivity index (χ0n) is 14.0. The summed E-state index contributed by atoms with van der Waals surface area (Å²) in [5.41, 5.74) is 2.69.